The molecular weight excluding hydrogens is 220 g/mol. The Bertz CT molecular complexity index is 386. The van der Waals surface area contributed by atoms with Crippen LogP contribution in [0.25, 0.3) is 0 Å². The minimum Gasteiger partial charge on any atom is -0.325 e. The largest absolute Gasteiger partial charge is 0.325 e. The highest BCUT2D eigenvalue weighted by atomic mass is 19.3. The molecule has 2 N–H and O–H groups in total. The van der Waals surface area contributed by atoms with Gasteiger partial charge in [0.15, 0.2) is 0 Å². The summed E-state index contributed by atoms with van der Waals surface area (Å²) in [5, 5.41) is 0. The first-order valence-electron chi connectivity index (χ1n) is 6.05. The summed E-state index contributed by atoms with van der Waals surface area (Å²) >= 11 is 0. The fourth-order valence-corrected chi connectivity index (χ4v) is 2.05. The average Bonchev–Trinajstić information content (AvgIpc) is 2.98. The summed E-state index contributed by atoms with van der Waals surface area (Å²) in [5.74, 6) is -3.10. The van der Waals surface area contributed by atoms with Gasteiger partial charge in [-0.15, -0.1) is 0 Å². The topological polar surface area (TPSA) is 26.0 Å². The summed E-state index contributed by atoms with van der Waals surface area (Å²) < 4.78 is 27.6. The molecule has 0 heterocycles. The first kappa shape index (κ1) is 12.5. The Balaban J connectivity index is 2.12. The highest BCUT2D eigenvalue weighted by Gasteiger charge is 2.47. The number of rotatable bonds is 4. The molecule has 1 aliphatic carbocycles. The van der Waals surface area contributed by atoms with E-state index in [0.717, 1.165) is 5.56 Å². The molecule has 1 aromatic rings. The summed E-state index contributed by atoms with van der Waals surface area (Å²) in [6.45, 7) is 3.86. The summed E-state index contributed by atoms with van der Waals surface area (Å²) in [5.41, 5.74) is 6.74. The molecular formula is C14H19F2N. The highest BCUT2D eigenvalue weighted by molar-refractivity contribution is 5.28. The van der Waals surface area contributed by atoms with Crippen LogP contribution in [-0.2, 0) is 12.3 Å². The third kappa shape index (κ3) is 3.03. The van der Waals surface area contributed by atoms with Crippen LogP contribution in [0.4, 0.5) is 8.78 Å². The van der Waals surface area contributed by atoms with Crippen LogP contribution in [0.3, 0.4) is 0 Å². The van der Waals surface area contributed by atoms with Gasteiger partial charge in [-0.25, -0.2) is 8.78 Å². The van der Waals surface area contributed by atoms with Gasteiger partial charge in [0.2, 0.25) is 0 Å². The van der Waals surface area contributed by atoms with Crippen molar-refractivity contribution in [2.75, 3.05) is 0 Å². The van der Waals surface area contributed by atoms with Crippen molar-refractivity contribution in [3.8, 4) is 0 Å². The molecule has 0 radical (unpaired) electrons. The highest BCUT2D eigenvalue weighted by Crippen LogP contribution is 2.49. The Morgan fingerprint density at radius 3 is 2.12 bits per heavy atom. The molecule has 0 aliphatic heterocycles. The van der Waals surface area contributed by atoms with Crippen molar-refractivity contribution < 1.29 is 8.78 Å². The van der Waals surface area contributed by atoms with Gasteiger partial charge in [-0.2, -0.15) is 0 Å². The van der Waals surface area contributed by atoms with Crippen molar-refractivity contribution >= 4 is 0 Å². The van der Waals surface area contributed by atoms with E-state index in [1.54, 1.807) is 24.3 Å². The lowest BCUT2D eigenvalue weighted by molar-refractivity contribution is -0.0285. The van der Waals surface area contributed by atoms with Crippen LogP contribution in [0.5, 0.6) is 0 Å². The van der Waals surface area contributed by atoms with Gasteiger partial charge in [0.1, 0.15) is 0 Å². The third-order valence-corrected chi connectivity index (χ3v) is 3.09. The number of hydrogen-bond donors (Lipinski definition) is 1. The van der Waals surface area contributed by atoms with Crippen LogP contribution in [0.2, 0.25) is 0 Å². The van der Waals surface area contributed by atoms with Gasteiger partial charge in [-0.1, -0.05) is 24.3 Å². The van der Waals surface area contributed by atoms with E-state index in [4.69, 9.17) is 5.73 Å². The Morgan fingerprint density at radius 1 is 1.18 bits per heavy atom. The molecule has 0 unspecified atom stereocenters. The third-order valence-electron chi connectivity index (χ3n) is 3.09. The van der Waals surface area contributed by atoms with Gasteiger partial charge < -0.3 is 5.73 Å². The summed E-state index contributed by atoms with van der Waals surface area (Å²) in [6, 6.07) is 6.61. The number of hydrogen-bond acceptors (Lipinski definition) is 1. The van der Waals surface area contributed by atoms with E-state index in [2.05, 4.69) is 0 Å². The van der Waals surface area contributed by atoms with Gasteiger partial charge in [0.05, 0.1) is 0 Å². The Morgan fingerprint density at radius 2 is 1.71 bits per heavy atom. The van der Waals surface area contributed by atoms with Gasteiger partial charge in [-0.3, -0.25) is 0 Å². The maximum atomic E-state index is 13.8. The quantitative estimate of drug-likeness (QED) is 0.855. The monoisotopic (exact) mass is 239 g/mol. The maximum absolute atomic E-state index is 13.8. The van der Waals surface area contributed by atoms with Gasteiger partial charge in [0.25, 0.3) is 5.92 Å². The van der Waals surface area contributed by atoms with Crippen LogP contribution < -0.4 is 5.73 Å². The Labute approximate surface area is 101 Å². The zero-order valence-electron chi connectivity index (χ0n) is 10.3. The Hall–Kier alpha value is -0.960. The zero-order valence-corrected chi connectivity index (χ0v) is 10.3. The molecule has 0 aromatic heterocycles. The standard InChI is InChI=1S/C14H19F2N/c1-13(2,17)9-10-3-5-11(6-4-10)14(15,16)12-7-8-12/h3-6,12H,7-9,17H2,1-2H3. The number of alkyl halides is 2. The lowest BCUT2D eigenvalue weighted by Crippen LogP contribution is -2.34. The molecule has 94 valence electrons. The first-order valence-corrected chi connectivity index (χ1v) is 6.05. The van der Waals surface area contributed by atoms with Crippen molar-refractivity contribution in [3.63, 3.8) is 0 Å². The van der Waals surface area contributed by atoms with E-state index in [1.165, 1.54) is 0 Å². The minimum absolute atomic E-state index is 0.138. The molecule has 3 heteroatoms. The maximum Gasteiger partial charge on any atom is 0.276 e. The van der Waals surface area contributed by atoms with Crippen molar-refractivity contribution in [3.05, 3.63) is 35.4 Å². The van der Waals surface area contributed by atoms with Crippen molar-refractivity contribution in [1.29, 1.82) is 0 Å². The summed E-state index contributed by atoms with van der Waals surface area (Å²) in [4.78, 5) is 0. The van der Waals surface area contributed by atoms with Crippen LogP contribution in [0, 0.1) is 5.92 Å². The molecule has 0 bridgehead atoms. The average molecular weight is 239 g/mol. The number of halogens is 2. The van der Waals surface area contributed by atoms with Crippen LogP contribution in [0.15, 0.2) is 24.3 Å². The summed E-state index contributed by atoms with van der Waals surface area (Å²) in [7, 11) is 0. The van der Waals surface area contributed by atoms with Crippen LogP contribution >= 0.6 is 0 Å². The molecule has 1 aliphatic rings. The van der Waals surface area contributed by atoms with Gasteiger partial charge in [-0.05, 0) is 38.7 Å². The van der Waals surface area contributed by atoms with Crippen molar-refractivity contribution in [2.45, 2.75) is 44.6 Å². The molecule has 0 atom stereocenters. The zero-order chi connectivity index (χ0) is 12.7. The molecule has 1 nitrogen and oxygen atoms in total. The SMILES string of the molecule is CC(C)(N)Cc1ccc(C(F)(F)C2CC2)cc1. The second kappa shape index (κ2) is 4.05. The van der Waals surface area contributed by atoms with Gasteiger partial charge >= 0.3 is 0 Å². The lowest BCUT2D eigenvalue weighted by Gasteiger charge is -2.20. The van der Waals surface area contributed by atoms with E-state index in [1.807, 2.05) is 13.8 Å². The van der Waals surface area contributed by atoms with Crippen LogP contribution in [0.1, 0.15) is 37.8 Å². The predicted octanol–water partition coefficient (Wildman–Crippen LogP) is 3.47. The normalized spacial score (nSPS) is 17.2. The Kier molecular flexibility index (Phi) is 2.98. The molecule has 17 heavy (non-hydrogen) atoms. The van der Waals surface area contributed by atoms with E-state index in [-0.39, 0.29) is 11.1 Å². The van der Waals surface area contributed by atoms with Crippen molar-refractivity contribution in [2.24, 2.45) is 11.7 Å². The molecule has 1 aromatic carbocycles. The van der Waals surface area contributed by atoms with Crippen LogP contribution in [-0.4, -0.2) is 5.54 Å². The minimum atomic E-state index is -2.66. The molecule has 0 saturated heterocycles. The van der Waals surface area contributed by atoms with E-state index < -0.39 is 11.8 Å². The number of nitrogens with two attached hydrogens (primary N) is 1. The first-order chi connectivity index (χ1) is 7.79. The molecule has 1 saturated carbocycles. The fourth-order valence-electron chi connectivity index (χ4n) is 2.05. The fraction of sp³-hybridized carbons (Fsp3) is 0.571. The van der Waals surface area contributed by atoms with E-state index in [0.29, 0.717) is 19.3 Å². The van der Waals surface area contributed by atoms with Gasteiger partial charge in [0, 0.05) is 17.0 Å². The predicted molar refractivity (Wildman–Crippen MR) is 65.0 cm³/mol. The second-order valence-electron chi connectivity index (χ2n) is 5.76. The number of benzene rings is 1. The second-order valence-corrected chi connectivity index (χ2v) is 5.76. The van der Waals surface area contributed by atoms with Crippen molar-refractivity contribution in [1.82, 2.24) is 0 Å². The molecule has 0 amide bonds. The van der Waals surface area contributed by atoms with E-state index in [9.17, 15) is 8.78 Å². The van der Waals surface area contributed by atoms with E-state index >= 15 is 0 Å². The molecule has 2 rings (SSSR count). The lowest BCUT2D eigenvalue weighted by atomic mass is 9.94. The molecule has 0 spiro atoms. The summed E-state index contributed by atoms with van der Waals surface area (Å²) in [6.07, 6.45) is 1.98. The molecule has 1 fully saturated rings. The smallest absolute Gasteiger partial charge is 0.276 e.